The van der Waals surface area contributed by atoms with Gasteiger partial charge in [-0.15, -0.1) is 0 Å². The lowest BCUT2D eigenvalue weighted by Gasteiger charge is -2.31. The molecule has 5 rings (SSSR count). The molecule has 0 saturated heterocycles. The van der Waals surface area contributed by atoms with Gasteiger partial charge in [-0.25, -0.2) is 31.1 Å². The molecule has 47 heavy (non-hydrogen) atoms. The molecule has 4 aromatic rings. The summed E-state index contributed by atoms with van der Waals surface area (Å²) in [5, 5.41) is 7.45. The van der Waals surface area contributed by atoms with Crippen LogP contribution in [0.4, 0.5) is 17.3 Å². The number of fused-ring (bicyclic) bond motifs is 2. The van der Waals surface area contributed by atoms with Crippen LogP contribution in [0.2, 0.25) is 0 Å². The van der Waals surface area contributed by atoms with Crippen LogP contribution in [0.15, 0.2) is 54.9 Å². The maximum absolute atomic E-state index is 13.9. The second-order valence-electron chi connectivity index (χ2n) is 13.3. The van der Waals surface area contributed by atoms with Crippen molar-refractivity contribution in [3.8, 4) is 5.75 Å². The monoisotopic (exact) mass is 706 g/mol. The number of nitrogens with zero attached hydrogens (tertiary/aromatic N) is 4. The maximum atomic E-state index is 13.9. The average molecular weight is 707 g/mol. The van der Waals surface area contributed by atoms with Gasteiger partial charge in [0.1, 0.15) is 5.75 Å². The Labute approximate surface area is 274 Å². The van der Waals surface area contributed by atoms with Crippen molar-refractivity contribution in [2.45, 2.75) is 71.6 Å². The van der Waals surface area contributed by atoms with Gasteiger partial charge in [-0.1, -0.05) is 12.1 Å². The Kier molecular flexibility index (Phi) is 9.23. The Morgan fingerprint density at radius 3 is 2.19 bits per heavy atom. The fourth-order valence-electron chi connectivity index (χ4n) is 5.15. The van der Waals surface area contributed by atoms with E-state index in [9.17, 15) is 21.4 Å². The highest BCUT2D eigenvalue weighted by molar-refractivity contribution is 8.08. The van der Waals surface area contributed by atoms with Crippen LogP contribution in [-0.2, 0) is 39.9 Å². The number of sulfonamides is 1. The first-order valence-electron chi connectivity index (χ1n) is 14.8. The first-order chi connectivity index (χ1) is 21.7. The van der Waals surface area contributed by atoms with E-state index in [4.69, 9.17) is 18.6 Å². The molecule has 0 saturated carbocycles. The Balaban J connectivity index is 1.37. The van der Waals surface area contributed by atoms with Gasteiger partial charge in [0.25, 0.3) is 0 Å². The molecule has 0 fully saturated rings. The summed E-state index contributed by atoms with van der Waals surface area (Å²) < 4.78 is 82.8. The third-order valence-corrected chi connectivity index (χ3v) is 12.1. The zero-order chi connectivity index (χ0) is 34.4. The fraction of sp³-hybridized carbons (Fsp3) is 0.433. The second-order valence-corrected chi connectivity index (χ2v) is 19.0. The number of hydrogen-bond donors (Lipinski definition) is 2. The molecule has 1 aliphatic carbocycles. The smallest absolute Gasteiger partial charge is 0.404 e. The van der Waals surface area contributed by atoms with Crippen molar-refractivity contribution in [1.29, 1.82) is 0 Å². The second kappa shape index (κ2) is 12.5. The minimum atomic E-state index is -4.07. The number of hydrogen-bond acceptors (Lipinski definition) is 12. The van der Waals surface area contributed by atoms with E-state index in [1.807, 2.05) is 16.8 Å². The van der Waals surface area contributed by atoms with Crippen molar-refractivity contribution >= 4 is 56.0 Å². The number of rotatable bonds is 11. The highest BCUT2D eigenvalue weighted by Crippen LogP contribution is 2.56. The minimum absolute atomic E-state index is 0.181. The number of sulfone groups is 1. The number of aromatic nitrogens is 4. The normalized spacial score (nSPS) is 15.9. The Hall–Kier alpha value is -3.56. The van der Waals surface area contributed by atoms with E-state index in [1.165, 1.54) is 12.1 Å². The van der Waals surface area contributed by atoms with Gasteiger partial charge in [-0.2, -0.15) is 10.1 Å². The van der Waals surface area contributed by atoms with E-state index in [-0.39, 0.29) is 11.7 Å². The molecule has 17 heteroatoms. The van der Waals surface area contributed by atoms with Gasteiger partial charge in [-0.05, 0) is 90.3 Å². The van der Waals surface area contributed by atoms with Crippen LogP contribution in [0.25, 0.3) is 11.0 Å². The molecule has 2 aromatic heterocycles. The number of nitrogens with one attached hydrogen (secondary N) is 2. The predicted molar refractivity (Wildman–Crippen MR) is 180 cm³/mol. The highest BCUT2D eigenvalue weighted by Gasteiger charge is 2.40. The van der Waals surface area contributed by atoms with E-state index in [0.717, 1.165) is 22.8 Å². The van der Waals surface area contributed by atoms with Crippen molar-refractivity contribution < 1.29 is 35.0 Å². The van der Waals surface area contributed by atoms with Crippen molar-refractivity contribution in [2.24, 2.45) is 0 Å². The lowest BCUT2D eigenvalue weighted by atomic mass is 10.1. The standard InChI is InChI=1S/C30H39N6O8PS2/c1-29(2,3)43-45(37,44-30(4,5)6)42-26-10-8-9-23-24(26)15-16-25(23)36-27-20(18-32-36)17-31-28(34-27)33-21-11-13-22(14-12-21)35-47(40,41)19-46(7,38)39/h8-14,17-18,25,35H,15-16,19H2,1-7H3,(H,31,33,34). The van der Waals surface area contributed by atoms with Gasteiger partial charge in [0.05, 0.1) is 28.8 Å². The Morgan fingerprint density at radius 1 is 0.936 bits per heavy atom. The lowest BCUT2D eigenvalue weighted by Crippen LogP contribution is -2.25. The summed E-state index contributed by atoms with van der Waals surface area (Å²) in [5.41, 5.74) is 1.66. The van der Waals surface area contributed by atoms with Gasteiger partial charge >= 0.3 is 7.82 Å². The SMILES string of the molecule is CC(C)(C)OP(=O)(Oc1cccc2c1CCC2n1ncc2cnc(Nc3ccc(NS(=O)(=O)CS(C)(=O)=O)cc3)nc21)OC(C)(C)C. The van der Waals surface area contributed by atoms with Crippen LogP contribution in [0, 0.1) is 0 Å². The van der Waals surface area contributed by atoms with Crippen LogP contribution in [-0.4, -0.2) is 59.1 Å². The number of anilines is 3. The third-order valence-electron chi connectivity index (χ3n) is 6.59. The van der Waals surface area contributed by atoms with Crippen molar-refractivity contribution in [3.63, 3.8) is 0 Å². The summed E-state index contributed by atoms with van der Waals surface area (Å²) in [6, 6.07) is 11.6. The van der Waals surface area contributed by atoms with E-state index >= 15 is 0 Å². The third kappa shape index (κ3) is 9.08. The van der Waals surface area contributed by atoms with Crippen LogP contribution in [0.1, 0.15) is 65.1 Å². The largest absolute Gasteiger partial charge is 0.531 e. The van der Waals surface area contributed by atoms with E-state index in [0.29, 0.717) is 35.9 Å². The Bertz CT molecular complexity index is 2030. The molecule has 0 amide bonds. The molecule has 14 nitrogen and oxygen atoms in total. The van der Waals surface area contributed by atoms with Crippen LogP contribution >= 0.6 is 7.82 Å². The predicted octanol–water partition coefficient (Wildman–Crippen LogP) is 5.97. The molecular weight excluding hydrogens is 667 g/mol. The van der Waals surface area contributed by atoms with Crippen molar-refractivity contribution in [3.05, 3.63) is 66.0 Å². The zero-order valence-electron chi connectivity index (χ0n) is 27.2. The first kappa shape index (κ1) is 34.8. The van der Waals surface area contributed by atoms with Crippen molar-refractivity contribution in [1.82, 2.24) is 19.7 Å². The number of phosphoric ester groups is 1. The lowest BCUT2D eigenvalue weighted by molar-refractivity contribution is 0.0223. The van der Waals surface area contributed by atoms with Gasteiger partial charge in [0.2, 0.25) is 16.0 Å². The molecule has 0 spiro atoms. The molecule has 2 aromatic carbocycles. The summed E-state index contributed by atoms with van der Waals surface area (Å²) >= 11 is 0. The quantitative estimate of drug-likeness (QED) is 0.175. The Morgan fingerprint density at radius 2 is 1.57 bits per heavy atom. The van der Waals surface area contributed by atoms with Gasteiger partial charge in [0, 0.05) is 29.4 Å². The zero-order valence-corrected chi connectivity index (χ0v) is 29.7. The molecule has 2 heterocycles. The van der Waals surface area contributed by atoms with E-state index < -0.39 is 44.0 Å². The van der Waals surface area contributed by atoms with Crippen LogP contribution < -0.4 is 14.6 Å². The van der Waals surface area contributed by atoms with E-state index in [2.05, 4.69) is 20.1 Å². The summed E-state index contributed by atoms with van der Waals surface area (Å²) in [7, 11) is -11.8. The molecule has 0 bridgehead atoms. The molecule has 1 unspecified atom stereocenters. The minimum Gasteiger partial charge on any atom is -0.404 e. The van der Waals surface area contributed by atoms with Crippen LogP contribution in [0.3, 0.4) is 0 Å². The molecule has 0 radical (unpaired) electrons. The topological polar surface area (TPSA) is 181 Å². The number of phosphoric acid groups is 1. The van der Waals surface area contributed by atoms with E-state index in [1.54, 1.807) is 72.1 Å². The first-order valence-corrected chi connectivity index (χ1v) is 19.9. The molecule has 1 atom stereocenters. The molecule has 1 aliphatic rings. The molecule has 0 aliphatic heterocycles. The summed E-state index contributed by atoms with van der Waals surface area (Å²) in [4.78, 5) is 9.11. The molecular formula is C30H39N6O8PS2. The van der Waals surface area contributed by atoms with Gasteiger partial charge < -0.3 is 9.84 Å². The van der Waals surface area contributed by atoms with Gasteiger partial charge in [0.15, 0.2) is 20.6 Å². The average Bonchev–Trinajstić information content (AvgIpc) is 3.50. The summed E-state index contributed by atoms with van der Waals surface area (Å²) in [6.07, 6.45) is 5.53. The summed E-state index contributed by atoms with van der Waals surface area (Å²) in [5.74, 6) is 0.719. The maximum Gasteiger partial charge on any atom is 0.531 e. The van der Waals surface area contributed by atoms with Crippen molar-refractivity contribution in [2.75, 3.05) is 21.4 Å². The summed E-state index contributed by atoms with van der Waals surface area (Å²) in [6.45, 7) is 10.7. The highest BCUT2D eigenvalue weighted by atomic mass is 32.3. The fourth-order valence-corrected chi connectivity index (χ4v) is 10.0. The molecule has 2 N–H and O–H groups in total. The molecule has 254 valence electrons. The van der Waals surface area contributed by atoms with Gasteiger partial charge in [-0.3, -0.25) is 13.8 Å². The number of benzene rings is 2. The van der Waals surface area contributed by atoms with Crippen LogP contribution in [0.5, 0.6) is 5.75 Å².